The lowest BCUT2D eigenvalue weighted by Crippen LogP contribution is -2.36. The minimum atomic E-state index is -0.360. The summed E-state index contributed by atoms with van der Waals surface area (Å²) >= 11 is 0. The summed E-state index contributed by atoms with van der Waals surface area (Å²) in [5.41, 5.74) is 4.42. The third-order valence-corrected chi connectivity index (χ3v) is 5.31. The van der Waals surface area contributed by atoms with E-state index in [9.17, 15) is 4.79 Å². The molecule has 4 rings (SSSR count). The molecule has 0 saturated carbocycles. The molecule has 0 atom stereocenters. The lowest BCUT2D eigenvalue weighted by atomic mass is 9.99. The number of hydrogen-bond donors (Lipinski definition) is 3. The van der Waals surface area contributed by atoms with Crippen LogP contribution in [0.25, 0.3) is 11.5 Å². The number of amides is 1. The molecule has 8 heteroatoms. The number of pyridine rings is 1. The first kappa shape index (κ1) is 20.6. The van der Waals surface area contributed by atoms with Crippen molar-refractivity contribution in [3.8, 4) is 11.5 Å². The van der Waals surface area contributed by atoms with Gasteiger partial charge in [0, 0.05) is 43.8 Å². The number of oxazole rings is 1. The molecule has 160 valence electrons. The number of rotatable bonds is 5. The summed E-state index contributed by atoms with van der Waals surface area (Å²) < 4.78 is 5.51. The number of likely N-dealkylation sites (tertiary alicyclic amines) is 1. The maximum Gasteiger partial charge on any atom is 0.277 e. The average Bonchev–Trinajstić information content (AvgIpc) is 3.27. The highest BCUT2D eigenvalue weighted by Crippen LogP contribution is 2.26. The Balaban J connectivity index is 1.57. The molecule has 2 aromatic rings. The number of aryl methyl sites for hydroxylation is 1. The summed E-state index contributed by atoms with van der Waals surface area (Å²) in [5, 5.41) is 14.3. The van der Waals surface area contributed by atoms with Crippen molar-refractivity contribution >= 4 is 11.6 Å². The van der Waals surface area contributed by atoms with Crippen LogP contribution in [0.1, 0.15) is 35.4 Å². The van der Waals surface area contributed by atoms with Crippen LogP contribution in [-0.4, -0.2) is 46.6 Å². The fourth-order valence-corrected chi connectivity index (χ4v) is 3.67. The molecule has 1 fully saturated rings. The number of nitrogens with zero attached hydrogens (tertiary/aromatic N) is 3. The minimum Gasteiger partial charge on any atom is -0.444 e. The predicted molar refractivity (Wildman–Crippen MR) is 118 cm³/mol. The first-order chi connectivity index (χ1) is 15.0. The second-order valence-electron chi connectivity index (χ2n) is 7.62. The first-order valence-corrected chi connectivity index (χ1v) is 10.4. The molecule has 0 spiro atoms. The van der Waals surface area contributed by atoms with Crippen molar-refractivity contribution < 1.29 is 9.21 Å². The highest BCUT2D eigenvalue weighted by molar-refractivity contribution is 6.10. The Morgan fingerprint density at radius 3 is 2.74 bits per heavy atom. The van der Waals surface area contributed by atoms with E-state index in [4.69, 9.17) is 9.83 Å². The Morgan fingerprint density at radius 1 is 1.23 bits per heavy atom. The summed E-state index contributed by atoms with van der Waals surface area (Å²) in [6, 6.07) is 3.73. The van der Waals surface area contributed by atoms with E-state index in [0.29, 0.717) is 28.4 Å². The van der Waals surface area contributed by atoms with Gasteiger partial charge in [0.1, 0.15) is 6.26 Å². The Kier molecular flexibility index (Phi) is 5.97. The highest BCUT2D eigenvalue weighted by Gasteiger charge is 2.24. The van der Waals surface area contributed by atoms with E-state index in [-0.39, 0.29) is 11.6 Å². The van der Waals surface area contributed by atoms with E-state index in [1.807, 2.05) is 31.2 Å². The number of piperidine rings is 1. The summed E-state index contributed by atoms with van der Waals surface area (Å²) in [4.78, 5) is 23.8. The predicted octanol–water partition coefficient (Wildman–Crippen LogP) is 3.17. The molecule has 31 heavy (non-hydrogen) atoms. The van der Waals surface area contributed by atoms with Gasteiger partial charge in [-0.3, -0.25) is 9.78 Å². The molecule has 8 nitrogen and oxygen atoms in total. The van der Waals surface area contributed by atoms with Crippen molar-refractivity contribution in [2.75, 3.05) is 20.1 Å². The zero-order valence-electron chi connectivity index (χ0n) is 17.7. The molecule has 2 aliphatic rings. The fraction of sp³-hybridized carbons (Fsp3) is 0.304. The summed E-state index contributed by atoms with van der Waals surface area (Å²) in [7, 11) is 1.78. The maximum absolute atomic E-state index is 13.0. The van der Waals surface area contributed by atoms with Gasteiger partial charge in [0.25, 0.3) is 5.91 Å². The van der Waals surface area contributed by atoms with E-state index >= 15 is 0 Å². The summed E-state index contributed by atoms with van der Waals surface area (Å²) in [6.45, 7) is 3.72. The van der Waals surface area contributed by atoms with E-state index in [1.165, 1.54) is 12.7 Å². The molecule has 0 bridgehead atoms. The third kappa shape index (κ3) is 4.58. The van der Waals surface area contributed by atoms with Crippen LogP contribution >= 0.6 is 0 Å². The van der Waals surface area contributed by atoms with E-state index in [0.717, 1.165) is 37.3 Å². The van der Waals surface area contributed by atoms with Gasteiger partial charge >= 0.3 is 0 Å². The van der Waals surface area contributed by atoms with E-state index in [2.05, 4.69) is 25.5 Å². The van der Waals surface area contributed by atoms with Crippen molar-refractivity contribution in [3.63, 3.8) is 0 Å². The van der Waals surface area contributed by atoms with Crippen LogP contribution in [0.3, 0.4) is 0 Å². The fourth-order valence-electron chi connectivity index (χ4n) is 3.67. The Bertz CT molecular complexity index is 1070. The van der Waals surface area contributed by atoms with Gasteiger partial charge in [-0.2, -0.15) is 0 Å². The van der Waals surface area contributed by atoms with Crippen LogP contribution in [0, 0.1) is 12.3 Å². The van der Waals surface area contributed by atoms with Gasteiger partial charge in [0.2, 0.25) is 5.89 Å². The second-order valence-corrected chi connectivity index (χ2v) is 7.62. The van der Waals surface area contributed by atoms with Gasteiger partial charge in [0.15, 0.2) is 5.69 Å². The molecule has 3 N–H and O–H groups in total. The number of allylic oxidation sites excluding steroid dienone is 3. The molecule has 1 aliphatic carbocycles. The van der Waals surface area contributed by atoms with Crippen molar-refractivity contribution in [1.29, 1.82) is 5.41 Å². The summed E-state index contributed by atoms with van der Waals surface area (Å²) in [5.74, 6) is -0.0129. The van der Waals surface area contributed by atoms with Crippen LogP contribution in [0.15, 0.2) is 64.3 Å². The maximum atomic E-state index is 13.0. The quantitative estimate of drug-likeness (QED) is 0.689. The molecule has 0 radical (unpaired) electrons. The molecule has 2 aromatic heterocycles. The first-order valence-electron chi connectivity index (χ1n) is 10.4. The van der Waals surface area contributed by atoms with Crippen molar-refractivity contribution in [2.45, 2.75) is 26.2 Å². The molecule has 1 saturated heterocycles. The van der Waals surface area contributed by atoms with Crippen LogP contribution in [-0.2, 0) is 0 Å². The zero-order chi connectivity index (χ0) is 21.8. The standard InChI is InChI=1S/C23H26N6O2/c1-15-6-7-16(13-26-15)23-28-20(14-31-23)22(30)27-19-10-17(12-25-2)18(24)11-21(19)29-8-4-3-5-9-29/h6-7,10-14,24-25H,3-5,8-9H2,1-2H3,(H,27,30)/b17-12-,24-18?. The largest absolute Gasteiger partial charge is 0.444 e. The molecule has 1 amide bonds. The van der Waals surface area contributed by atoms with Gasteiger partial charge in [-0.05, 0) is 50.5 Å². The lowest BCUT2D eigenvalue weighted by molar-refractivity contribution is 0.0959. The van der Waals surface area contributed by atoms with E-state index in [1.54, 1.807) is 19.4 Å². The Morgan fingerprint density at radius 2 is 2.03 bits per heavy atom. The topological polar surface area (TPSA) is 107 Å². The van der Waals surface area contributed by atoms with Crippen molar-refractivity contribution in [2.24, 2.45) is 0 Å². The number of nitrogens with one attached hydrogen (secondary N) is 3. The van der Waals surface area contributed by atoms with Crippen LogP contribution < -0.4 is 10.6 Å². The number of carbonyl (C=O) groups is 1. The minimum absolute atomic E-state index is 0.189. The lowest BCUT2D eigenvalue weighted by Gasteiger charge is -2.34. The average molecular weight is 419 g/mol. The number of carbonyl (C=O) groups excluding carboxylic acids is 1. The number of hydrogen-bond acceptors (Lipinski definition) is 7. The molecule has 0 aromatic carbocycles. The van der Waals surface area contributed by atoms with Gasteiger partial charge in [-0.15, -0.1) is 0 Å². The Hall–Kier alpha value is -3.68. The molecule has 1 aliphatic heterocycles. The van der Waals surface area contributed by atoms with Crippen LogP contribution in [0.2, 0.25) is 0 Å². The van der Waals surface area contributed by atoms with E-state index < -0.39 is 0 Å². The Labute approximate surface area is 181 Å². The molecular weight excluding hydrogens is 392 g/mol. The molecular formula is C23H26N6O2. The van der Waals surface area contributed by atoms with Crippen molar-refractivity contribution in [1.82, 2.24) is 25.5 Å². The van der Waals surface area contributed by atoms with Gasteiger partial charge in [-0.25, -0.2) is 4.98 Å². The van der Waals surface area contributed by atoms with Crippen molar-refractivity contribution in [3.05, 3.63) is 71.3 Å². The zero-order valence-corrected chi connectivity index (χ0v) is 17.7. The van der Waals surface area contributed by atoms with Gasteiger partial charge in [0.05, 0.1) is 22.7 Å². The molecule has 3 heterocycles. The normalized spacial score (nSPS) is 17.9. The van der Waals surface area contributed by atoms with Gasteiger partial charge < -0.3 is 25.4 Å². The second kappa shape index (κ2) is 8.99. The smallest absolute Gasteiger partial charge is 0.277 e. The summed E-state index contributed by atoms with van der Waals surface area (Å²) in [6.07, 6.45) is 11.8. The number of aromatic nitrogens is 2. The monoisotopic (exact) mass is 418 g/mol. The third-order valence-electron chi connectivity index (χ3n) is 5.31. The SMILES string of the molecule is CN/C=C1/C=C(NC(=O)c2coc(-c3ccc(C)nc3)n2)C(N2CCCCC2)=CC1=N. The van der Waals surface area contributed by atoms with Gasteiger partial charge in [-0.1, -0.05) is 0 Å². The highest BCUT2D eigenvalue weighted by atomic mass is 16.3. The van der Waals surface area contributed by atoms with Crippen LogP contribution in [0.4, 0.5) is 0 Å². The molecule has 0 unspecified atom stereocenters. The van der Waals surface area contributed by atoms with Crippen LogP contribution in [0.5, 0.6) is 0 Å².